The Kier molecular flexibility index (Phi) is 6.73. The summed E-state index contributed by atoms with van der Waals surface area (Å²) in [5.74, 6) is 0.218. The van der Waals surface area contributed by atoms with Gasteiger partial charge in [0.05, 0.1) is 11.9 Å². The number of aryl methyl sites for hydroxylation is 1. The van der Waals surface area contributed by atoms with Crippen molar-refractivity contribution >= 4 is 38.9 Å². The Morgan fingerprint density at radius 3 is 2.37 bits per heavy atom. The summed E-state index contributed by atoms with van der Waals surface area (Å²) in [6.07, 6.45) is 0.926. The zero-order valence-electron chi connectivity index (χ0n) is 15.7. The van der Waals surface area contributed by atoms with E-state index in [9.17, 15) is 13.2 Å². The lowest BCUT2D eigenvalue weighted by molar-refractivity contribution is -0.122. The lowest BCUT2D eigenvalue weighted by atomic mass is 10.2. The van der Waals surface area contributed by atoms with Crippen molar-refractivity contribution in [2.24, 2.45) is 0 Å². The minimum absolute atomic E-state index is 0.264. The highest BCUT2D eigenvalue weighted by molar-refractivity contribution is 7.92. The van der Waals surface area contributed by atoms with Crippen molar-refractivity contribution in [3.05, 3.63) is 53.1 Å². The van der Waals surface area contributed by atoms with Gasteiger partial charge in [0.15, 0.2) is 6.10 Å². The first-order chi connectivity index (χ1) is 12.6. The summed E-state index contributed by atoms with van der Waals surface area (Å²) in [6, 6.07) is 11.8. The number of carbonyl (C=O) groups is 1. The highest BCUT2D eigenvalue weighted by Crippen LogP contribution is 2.23. The van der Waals surface area contributed by atoms with Gasteiger partial charge in [0, 0.05) is 17.8 Å². The number of nitrogens with zero attached hydrogens (tertiary/aromatic N) is 1. The second-order valence-corrected chi connectivity index (χ2v) is 8.64. The molecular formula is C19H23ClN2O4S. The maximum atomic E-state index is 12.5. The van der Waals surface area contributed by atoms with Crippen LogP contribution in [-0.4, -0.2) is 33.7 Å². The maximum absolute atomic E-state index is 12.5. The molecule has 0 saturated heterocycles. The van der Waals surface area contributed by atoms with Crippen molar-refractivity contribution in [2.75, 3.05) is 22.9 Å². The predicted molar refractivity (Wildman–Crippen MR) is 109 cm³/mol. The van der Waals surface area contributed by atoms with Crippen LogP contribution in [0.3, 0.4) is 0 Å². The number of hydrogen-bond acceptors (Lipinski definition) is 4. The second-order valence-electron chi connectivity index (χ2n) is 6.19. The zero-order valence-corrected chi connectivity index (χ0v) is 17.3. The molecule has 2 rings (SSSR count). The van der Waals surface area contributed by atoms with Crippen molar-refractivity contribution < 1.29 is 17.9 Å². The van der Waals surface area contributed by atoms with Gasteiger partial charge in [-0.05, 0) is 61.4 Å². The number of hydrogen-bond donors (Lipinski definition) is 1. The first-order valence-corrected chi connectivity index (χ1v) is 10.6. The molecule has 0 aromatic heterocycles. The molecule has 1 N–H and O–H groups in total. The second kappa shape index (κ2) is 8.63. The topological polar surface area (TPSA) is 75.7 Å². The van der Waals surface area contributed by atoms with Gasteiger partial charge in [-0.2, -0.15) is 0 Å². The van der Waals surface area contributed by atoms with Crippen molar-refractivity contribution in [1.82, 2.24) is 0 Å². The summed E-state index contributed by atoms with van der Waals surface area (Å²) in [5, 5.41) is 3.45. The largest absolute Gasteiger partial charge is 0.481 e. The molecule has 8 heteroatoms. The van der Waals surface area contributed by atoms with Gasteiger partial charge < -0.3 is 10.1 Å². The van der Waals surface area contributed by atoms with Crippen LogP contribution in [0.1, 0.15) is 18.9 Å². The molecule has 0 bridgehead atoms. The molecule has 6 nitrogen and oxygen atoms in total. The molecule has 146 valence electrons. The van der Waals surface area contributed by atoms with Crippen LogP contribution in [-0.2, 0) is 14.8 Å². The first kappa shape index (κ1) is 21.1. The number of sulfonamides is 1. The Hall–Kier alpha value is -2.25. The van der Waals surface area contributed by atoms with Gasteiger partial charge in [0.2, 0.25) is 10.0 Å². The fraction of sp³-hybridized carbons (Fsp3) is 0.316. The van der Waals surface area contributed by atoms with Crippen LogP contribution in [0.5, 0.6) is 5.75 Å². The summed E-state index contributed by atoms with van der Waals surface area (Å²) < 4.78 is 30.1. The minimum Gasteiger partial charge on any atom is -0.481 e. The fourth-order valence-electron chi connectivity index (χ4n) is 2.39. The third-order valence-electron chi connectivity index (χ3n) is 4.09. The number of rotatable bonds is 7. The van der Waals surface area contributed by atoms with Crippen molar-refractivity contribution in [3.63, 3.8) is 0 Å². The number of nitrogens with one attached hydrogen (secondary N) is 1. The van der Waals surface area contributed by atoms with Crippen LogP contribution < -0.4 is 14.4 Å². The highest BCUT2D eigenvalue weighted by atomic mass is 35.5. The summed E-state index contributed by atoms with van der Waals surface area (Å²) in [7, 11) is -1.86. The SMILES string of the molecule is CCC(Oc1ccc(N(C)S(C)(=O)=O)cc1)C(=O)Nc1ccc(Cl)cc1C. The van der Waals surface area contributed by atoms with Crippen LogP contribution >= 0.6 is 11.6 Å². The number of amides is 1. The standard InChI is InChI=1S/C19H23ClN2O4S/c1-5-18(19(23)21-17-11-6-14(20)12-13(17)2)26-16-9-7-15(8-10-16)22(3)27(4,24)25/h6-12,18H,5H2,1-4H3,(H,21,23). The van der Waals surface area contributed by atoms with E-state index in [2.05, 4.69) is 5.32 Å². The van der Waals surface area contributed by atoms with E-state index in [1.54, 1.807) is 42.5 Å². The van der Waals surface area contributed by atoms with E-state index in [1.807, 2.05) is 13.8 Å². The molecule has 0 fully saturated rings. The Morgan fingerprint density at radius 2 is 1.85 bits per heavy atom. The summed E-state index contributed by atoms with van der Waals surface area (Å²) >= 11 is 5.94. The van der Waals surface area contributed by atoms with E-state index in [0.717, 1.165) is 11.8 Å². The van der Waals surface area contributed by atoms with Gasteiger partial charge in [-0.25, -0.2) is 8.42 Å². The average Bonchev–Trinajstić information content (AvgIpc) is 2.61. The van der Waals surface area contributed by atoms with Gasteiger partial charge in [-0.15, -0.1) is 0 Å². The van der Waals surface area contributed by atoms with Gasteiger partial charge >= 0.3 is 0 Å². The van der Waals surface area contributed by atoms with Gasteiger partial charge in [0.25, 0.3) is 5.91 Å². The summed E-state index contributed by atoms with van der Waals surface area (Å²) in [6.45, 7) is 3.71. The molecule has 0 aliphatic heterocycles. The quantitative estimate of drug-likeness (QED) is 0.752. The highest BCUT2D eigenvalue weighted by Gasteiger charge is 2.20. The monoisotopic (exact) mass is 410 g/mol. The third-order valence-corrected chi connectivity index (χ3v) is 5.53. The van der Waals surface area contributed by atoms with E-state index in [-0.39, 0.29) is 5.91 Å². The van der Waals surface area contributed by atoms with Crippen molar-refractivity contribution in [1.29, 1.82) is 0 Å². The Bertz CT molecular complexity index is 914. The molecule has 0 aliphatic rings. The molecule has 0 spiro atoms. The van der Waals surface area contributed by atoms with Crippen LogP contribution in [0.4, 0.5) is 11.4 Å². The Labute approximate surface area is 165 Å². The van der Waals surface area contributed by atoms with Crippen molar-refractivity contribution in [3.8, 4) is 5.75 Å². The average molecular weight is 411 g/mol. The molecule has 1 amide bonds. The van der Waals surface area contributed by atoms with E-state index in [0.29, 0.717) is 28.6 Å². The number of ether oxygens (including phenoxy) is 1. The lowest BCUT2D eigenvalue weighted by Crippen LogP contribution is -2.32. The predicted octanol–water partition coefficient (Wildman–Crippen LogP) is 3.84. The molecule has 27 heavy (non-hydrogen) atoms. The molecule has 2 aromatic carbocycles. The number of halogens is 1. The van der Waals surface area contributed by atoms with Gasteiger partial charge in [-0.3, -0.25) is 9.10 Å². The smallest absolute Gasteiger partial charge is 0.265 e. The van der Waals surface area contributed by atoms with E-state index < -0.39 is 16.1 Å². The molecule has 2 aromatic rings. The Morgan fingerprint density at radius 1 is 1.22 bits per heavy atom. The number of benzene rings is 2. The molecular weight excluding hydrogens is 388 g/mol. The fourth-order valence-corrected chi connectivity index (χ4v) is 3.12. The lowest BCUT2D eigenvalue weighted by Gasteiger charge is -2.20. The maximum Gasteiger partial charge on any atom is 0.265 e. The molecule has 1 atom stereocenters. The van der Waals surface area contributed by atoms with Gasteiger partial charge in [-0.1, -0.05) is 18.5 Å². The minimum atomic E-state index is -3.33. The normalized spacial score (nSPS) is 12.3. The van der Waals surface area contributed by atoms with E-state index in [4.69, 9.17) is 16.3 Å². The van der Waals surface area contributed by atoms with Crippen LogP contribution in [0.2, 0.25) is 5.02 Å². The third kappa shape index (κ3) is 5.61. The summed E-state index contributed by atoms with van der Waals surface area (Å²) in [5.41, 5.74) is 2.05. The van der Waals surface area contributed by atoms with Crippen LogP contribution in [0, 0.1) is 6.92 Å². The zero-order chi connectivity index (χ0) is 20.2. The summed E-state index contributed by atoms with van der Waals surface area (Å²) in [4.78, 5) is 12.5. The molecule has 1 unspecified atom stereocenters. The van der Waals surface area contributed by atoms with Crippen LogP contribution in [0.15, 0.2) is 42.5 Å². The molecule has 0 aliphatic carbocycles. The van der Waals surface area contributed by atoms with Crippen LogP contribution in [0.25, 0.3) is 0 Å². The van der Waals surface area contributed by atoms with Gasteiger partial charge in [0.1, 0.15) is 5.75 Å². The van der Waals surface area contributed by atoms with Crippen molar-refractivity contribution in [2.45, 2.75) is 26.4 Å². The first-order valence-electron chi connectivity index (χ1n) is 8.39. The number of anilines is 2. The number of carbonyl (C=O) groups excluding carboxylic acids is 1. The molecule has 0 saturated carbocycles. The molecule has 0 heterocycles. The van der Waals surface area contributed by atoms with E-state index in [1.165, 1.54) is 11.4 Å². The Balaban J connectivity index is 2.08. The van der Waals surface area contributed by atoms with E-state index >= 15 is 0 Å². The molecule has 0 radical (unpaired) electrons.